The van der Waals surface area contributed by atoms with Crippen LogP contribution in [0.1, 0.15) is 41.0 Å². The van der Waals surface area contributed by atoms with Gasteiger partial charge in [0.1, 0.15) is 12.1 Å². The van der Waals surface area contributed by atoms with E-state index in [4.69, 9.17) is 14.2 Å². The van der Waals surface area contributed by atoms with Crippen molar-refractivity contribution in [3.8, 4) is 5.75 Å². The Morgan fingerprint density at radius 3 is 3.07 bits per heavy atom. The zero-order valence-electron chi connectivity index (χ0n) is 16.0. The molecule has 2 aromatic carbocycles. The van der Waals surface area contributed by atoms with Crippen LogP contribution in [0.5, 0.6) is 5.75 Å². The van der Waals surface area contributed by atoms with Gasteiger partial charge in [-0.25, -0.2) is 4.98 Å². The normalized spacial score (nSPS) is 17.9. The Hall–Kier alpha value is -2.08. The second kappa shape index (κ2) is 8.11. The molecule has 5 rings (SSSR count). The number of nitrogens with zero attached hydrogens (tertiary/aromatic N) is 2. The van der Waals surface area contributed by atoms with E-state index in [0.29, 0.717) is 12.5 Å². The highest BCUT2D eigenvalue weighted by atomic mass is 35.5. The summed E-state index contributed by atoms with van der Waals surface area (Å²) in [6, 6.07) is 10.8. The first-order valence-corrected chi connectivity index (χ1v) is 9.73. The number of likely N-dealkylation sites (N-methyl/N-ethyl adjacent to an activating group) is 1. The van der Waals surface area contributed by atoms with E-state index < -0.39 is 0 Å². The van der Waals surface area contributed by atoms with Crippen LogP contribution in [-0.4, -0.2) is 30.0 Å². The Balaban J connectivity index is 0.00000192. The summed E-state index contributed by atoms with van der Waals surface area (Å²) < 4.78 is 5.42. The predicted molar refractivity (Wildman–Crippen MR) is 110 cm³/mol. The summed E-state index contributed by atoms with van der Waals surface area (Å²) in [4.78, 5) is 17.3. The molecule has 2 heterocycles. The Labute approximate surface area is 171 Å². The van der Waals surface area contributed by atoms with Crippen LogP contribution in [0.2, 0.25) is 0 Å². The van der Waals surface area contributed by atoms with Crippen molar-refractivity contribution >= 4 is 23.5 Å². The first kappa shape index (κ1) is 19.2. The SMILES string of the molecule is CN(CCc1ccc2ncoc2c1)C[C@@H]1CCCc2c1ccc1c2OOC1.Cl. The number of rotatable bonds is 5. The molecule has 1 aliphatic heterocycles. The van der Waals surface area contributed by atoms with E-state index in [0.717, 1.165) is 42.8 Å². The van der Waals surface area contributed by atoms with Crippen LogP contribution in [0.15, 0.2) is 41.1 Å². The molecule has 6 heteroatoms. The molecule has 28 heavy (non-hydrogen) atoms. The van der Waals surface area contributed by atoms with Gasteiger partial charge in [-0.2, -0.15) is 4.89 Å². The third-order valence-corrected chi connectivity index (χ3v) is 5.86. The first-order valence-electron chi connectivity index (χ1n) is 9.73. The second-order valence-electron chi connectivity index (χ2n) is 7.72. The molecule has 0 fully saturated rings. The molecule has 0 saturated heterocycles. The Bertz CT molecular complexity index is 972. The smallest absolute Gasteiger partial charge is 0.181 e. The summed E-state index contributed by atoms with van der Waals surface area (Å²) in [7, 11) is 2.22. The van der Waals surface area contributed by atoms with E-state index in [-0.39, 0.29) is 12.4 Å². The fraction of sp³-hybridized carbons (Fsp3) is 0.409. The summed E-state index contributed by atoms with van der Waals surface area (Å²) >= 11 is 0. The van der Waals surface area contributed by atoms with E-state index >= 15 is 0 Å². The highest BCUT2D eigenvalue weighted by Gasteiger charge is 2.28. The Kier molecular flexibility index (Phi) is 5.58. The zero-order valence-corrected chi connectivity index (χ0v) is 16.8. The van der Waals surface area contributed by atoms with Crippen LogP contribution in [0.4, 0.5) is 0 Å². The van der Waals surface area contributed by atoms with Gasteiger partial charge in [-0.05, 0) is 61.9 Å². The first-order chi connectivity index (χ1) is 13.3. The molecule has 0 bridgehead atoms. The summed E-state index contributed by atoms with van der Waals surface area (Å²) in [6.45, 7) is 2.66. The van der Waals surface area contributed by atoms with Gasteiger partial charge in [0.2, 0.25) is 0 Å². The number of benzene rings is 2. The maximum atomic E-state index is 5.46. The van der Waals surface area contributed by atoms with Gasteiger partial charge in [0.05, 0.1) is 0 Å². The number of aromatic nitrogens is 1. The van der Waals surface area contributed by atoms with Gasteiger partial charge in [0.25, 0.3) is 0 Å². The van der Waals surface area contributed by atoms with Crippen LogP contribution >= 0.6 is 12.4 Å². The minimum absolute atomic E-state index is 0. The molecule has 0 saturated carbocycles. The number of fused-ring (bicyclic) bond motifs is 4. The van der Waals surface area contributed by atoms with Crippen molar-refractivity contribution in [2.24, 2.45) is 0 Å². The number of halogens is 1. The lowest BCUT2D eigenvalue weighted by molar-refractivity contribution is -0.195. The van der Waals surface area contributed by atoms with Gasteiger partial charge in [-0.15, -0.1) is 12.4 Å². The third-order valence-electron chi connectivity index (χ3n) is 5.86. The van der Waals surface area contributed by atoms with Gasteiger partial charge >= 0.3 is 0 Å². The molecule has 5 nitrogen and oxygen atoms in total. The summed E-state index contributed by atoms with van der Waals surface area (Å²) in [6.07, 6.45) is 6.06. The Morgan fingerprint density at radius 2 is 2.14 bits per heavy atom. The van der Waals surface area contributed by atoms with Crippen LogP contribution in [-0.2, 0) is 24.3 Å². The molecular weight excluding hydrogens is 376 g/mol. The minimum Gasteiger partial charge on any atom is -0.443 e. The fourth-order valence-corrected chi connectivity index (χ4v) is 4.41. The summed E-state index contributed by atoms with van der Waals surface area (Å²) in [5, 5.41) is 0. The molecule has 1 aromatic heterocycles. The van der Waals surface area contributed by atoms with Crippen LogP contribution in [0, 0.1) is 0 Å². The van der Waals surface area contributed by atoms with Gasteiger partial charge in [0.15, 0.2) is 17.7 Å². The number of hydrogen-bond acceptors (Lipinski definition) is 5. The van der Waals surface area contributed by atoms with Crippen molar-refractivity contribution in [3.05, 3.63) is 59.0 Å². The van der Waals surface area contributed by atoms with Gasteiger partial charge < -0.3 is 14.2 Å². The molecule has 0 unspecified atom stereocenters. The predicted octanol–water partition coefficient (Wildman–Crippen LogP) is 4.67. The maximum Gasteiger partial charge on any atom is 0.181 e. The van der Waals surface area contributed by atoms with E-state index in [1.165, 1.54) is 41.5 Å². The van der Waals surface area contributed by atoms with Crippen molar-refractivity contribution < 1.29 is 14.2 Å². The molecule has 1 aliphatic carbocycles. The molecule has 0 N–H and O–H groups in total. The topological polar surface area (TPSA) is 47.7 Å². The Morgan fingerprint density at radius 1 is 1.21 bits per heavy atom. The summed E-state index contributed by atoms with van der Waals surface area (Å²) in [5.74, 6) is 1.55. The van der Waals surface area contributed by atoms with Gasteiger partial charge in [0, 0.05) is 24.2 Å². The average molecular weight is 401 g/mol. The van der Waals surface area contributed by atoms with Crippen molar-refractivity contribution in [3.63, 3.8) is 0 Å². The lowest BCUT2D eigenvalue weighted by Crippen LogP contribution is -2.28. The highest BCUT2D eigenvalue weighted by molar-refractivity contribution is 5.85. The van der Waals surface area contributed by atoms with Gasteiger partial charge in [-0.3, -0.25) is 0 Å². The van der Waals surface area contributed by atoms with E-state index in [1.807, 2.05) is 6.07 Å². The molecule has 2 aliphatic rings. The quantitative estimate of drug-likeness (QED) is 0.582. The number of hydrogen-bond donors (Lipinski definition) is 0. The second-order valence-corrected chi connectivity index (χ2v) is 7.72. The average Bonchev–Trinajstić information content (AvgIpc) is 3.35. The maximum absolute atomic E-state index is 5.46. The van der Waals surface area contributed by atoms with Crippen molar-refractivity contribution in [2.75, 3.05) is 20.1 Å². The summed E-state index contributed by atoms with van der Waals surface area (Å²) in [5.41, 5.74) is 7.08. The monoisotopic (exact) mass is 400 g/mol. The molecular formula is C22H25ClN2O3. The molecule has 3 aromatic rings. The molecule has 0 spiro atoms. The lowest BCUT2D eigenvalue weighted by Gasteiger charge is -2.30. The van der Waals surface area contributed by atoms with E-state index in [2.05, 4.69) is 41.2 Å². The van der Waals surface area contributed by atoms with Crippen molar-refractivity contribution in [1.29, 1.82) is 0 Å². The van der Waals surface area contributed by atoms with Crippen LogP contribution in [0.25, 0.3) is 11.1 Å². The highest BCUT2D eigenvalue weighted by Crippen LogP contribution is 2.41. The van der Waals surface area contributed by atoms with Crippen LogP contribution in [0.3, 0.4) is 0 Å². The number of oxazole rings is 1. The third kappa shape index (κ3) is 3.62. The standard InChI is InChI=1S/C22H24N2O3.ClH/c1-24(10-9-15-5-8-20-21(11-15)25-14-23-20)12-16-3-2-4-19-18(16)7-6-17-13-26-27-22(17)19;/h5-8,11,14,16H,2-4,9-10,12-13H2,1H3;1H/t16-;/m0./s1. The van der Waals surface area contributed by atoms with E-state index in [9.17, 15) is 0 Å². The fourth-order valence-electron chi connectivity index (χ4n) is 4.41. The zero-order chi connectivity index (χ0) is 18.2. The molecule has 1 atom stereocenters. The van der Waals surface area contributed by atoms with Gasteiger partial charge in [-0.1, -0.05) is 18.2 Å². The van der Waals surface area contributed by atoms with Crippen molar-refractivity contribution in [2.45, 2.75) is 38.2 Å². The minimum atomic E-state index is 0. The molecule has 148 valence electrons. The lowest BCUT2D eigenvalue weighted by atomic mass is 9.81. The largest absolute Gasteiger partial charge is 0.443 e. The van der Waals surface area contributed by atoms with Crippen LogP contribution < -0.4 is 4.89 Å². The molecule has 0 radical (unpaired) electrons. The van der Waals surface area contributed by atoms with E-state index in [1.54, 1.807) is 0 Å². The molecule has 0 amide bonds. The van der Waals surface area contributed by atoms with Crippen molar-refractivity contribution in [1.82, 2.24) is 9.88 Å².